The standard InChI is InChI=1S/C14H19NO5.C13H15NO4.C3H8/c1-14(2,3)20-13(17)15-9-12(16)19-11-8-6-5-7-10(11)18-4;1-8-7-14(13(8)15)9-5-10(16-2)12(18-4)11(6-9)17-3;1-3-2/h5-8H,9H2,1-4H3,(H,15,17);5-6H,1,7H2,2-4H3;3H2,1-2H3. The minimum absolute atomic E-state index is 0.0794. The number of anilines is 1. The molecule has 2 aromatic carbocycles. The summed E-state index contributed by atoms with van der Waals surface area (Å²) in [6, 6.07) is 10.2. The number of ether oxygens (including phenoxy) is 6. The van der Waals surface area contributed by atoms with Crippen LogP contribution in [0.3, 0.4) is 0 Å². The second kappa shape index (κ2) is 16.6. The minimum Gasteiger partial charge on any atom is -0.493 e. The molecule has 0 bridgehead atoms. The van der Waals surface area contributed by atoms with Gasteiger partial charge in [0.1, 0.15) is 12.1 Å². The topological polar surface area (TPSA) is 122 Å². The summed E-state index contributed by atoms with van der Waals surface area (Å²) in [5, 5.41) is 2.32. The summed E-state index contributed by atoms with van der Waals surface area (Å²) in [5.41, 5.74) is 0.696. The molecule has 2 aromatic rings. The average molecular weight is 575 g/mol. The van der Waals surface area contributed by atoms with Gasteiger partial charge in [0.05, 0.1) is 40.7 Å². The number of rotatable bonds is 8. The first-order chi connectivity index (χ1) is 19.3. The van der Waals surface area contributed by atoms with E-state index in [0.29, 0.717) is 46.6 Å². The number of carbonyl (C=O) groups is 3. The summed E-state index contributed by atoms with van der Waals surface area (Å²) in [5.74, 6) is 1.61. The molecule has 3 rings (SSSR count). The van der Waals surface area contributed by atoms with Gasteiger partial charge in [-0.2, -0.15) is 0 Å². The van der Waals surface area contributed by atoms with Crippen molar-refractivity contribution in [1.29, 1.82) is 0 Å². The number of methoxy groups -OCH3 is 4. The first-order valence-electron chi connectivity index (χ1n) is 13.0. The molecule has 11 nitrogen and oxygen atoms in total. The number of para-hydroxylation sites is 2. The molecule has 11 heteroatoms. The third-order valence-corrected chi connectivity index (χ3v) is 4.93. The van der Waals surface area contributed by atoms with Crippen LogP contribution in [-0.4, -0.2) is 65.1 Å². The second-order valence-electron chi connectivity index (χ2n) is 9.57. The van der Waals surface area contributed by atoms with E-state index in [1.165, 1.54) is 34.9 Å². The van der Waals surface area contributed by atoms with Crippen molar-refractivity contribution < 1.29 is 42.8 Å². The largest absolute Gasteiger partial charge is 0.493 e. The Hall–Kier alpha value is -4.41. The number of carbonyl (C=O) groups excluding carboxylic acids is 3. The van der Waals surface area contributed by atoms with Crippen LogP contribution in [-0.2, 0) is 14.3 Å². The molecule has 0 unspecified atom stereocenters. The van der Waals surface area contributed by atoms with E-state index in [0.717, 1.165) is 0 Å². The first kappa shape index (κ1) is 34.6. The summed E-state index contributed by atoms with van der Waals surface area (Å²) in [6.07, 6.45) is 0.578. The van der Waals surface area contributed by atoms with Crippen LogP contribution in [0.1, 0.15) is 41.0 Å². The van der Waals surface area contributed by atoms with E-state index in [1.54, 1.807) is 62.1 Å². The normalized spacial score (nSPS) is 11.9. The van der Waals surface area contributed by atoms with Crippen LogP contribution >= 0.6 is 0 Å². The number of nitrogens with one attached hydrogen (secondary N) is 1. The molecule has 1 aliphatic heterocycles. The molecule has 0 spiro atoms. The lowest BCUT2D eigenvalue weighted by molar-refractivity contribution is -0.133. The Morgan fingerprint density at radius 3 is 1.83 bits per heavy atom. The van der Waals surface area contributed by atoms with Crippen molar-refractivity contribution in [2.24, 2.45) is 0 Å². The van der Waals surface area contributed by atoms with Gasteiger partial charge in [-0.05, 0) is 32.9 Å². The molecule has 0 atom stereocenters. The fourth-order valence-electron chi connectivity index (χ4n) is 3.18. The Bertz CT molecular complexity index is 1160. The van der Waals surface area contributed by atoms with Crippen LogP contribution in [0, 0.1) is 0 Å². The second-order valence-corrected chi connectivity index (χ2v) is 9.57. The molecular formula is C30H42N2O9. The predicted molar refractivity (Wildman–Crippen MR) is 156 cm³/mol. The third-order valence-electron chi connectivity index (χ3n) is 4.93. The molecule has 0 saturated carbocycles. The van der Waals surface area contributed by atoms with Crippen molar-refractivity contribution in [2.75, 3.05) is 46.4 Å². The molecule has 41 heavy (non-hydrogen) atoms. The zero-order chi connectivity index (χ0) is 31.2. The van der Waals surface area contributed by atoms with Crippen molar-refractivity contribution in [1.82, 2.24) is 5.32 Å². The summed E-state index contributed by atoms with van der Waals surface area (Å²) >= 11 is 0. The molecule has 1 fully saturated rings. The average Bonchev–Trinajstić information content (AvgIpc) is 2.93. The lowest BCUT2D eigenvalue weighted by atomic mass is 10.1. The van der Waals surface area contributed by atoms with Crippen molar-refractivity contribution in [3.05, 3.63) is 48.6 Å². The number of amides is 2. The molecular weight excluding hydrogens is 532 g/mol. The monoisotopic (exact) mass is 574 g/mol. The lowest BCUT2D eigenvalue weighted by Gasteiger charge is -2.33. The number of hydrogen-bond acceptors (Lipinski definition) is 9. The predicted octanol–water partition coefficient (Wildman–Crippen LogP) is 5.16. The van der Waals surface area contributed by atoms with Gasteiger partial charge < -0.3 is 38.6 Å². The molecule has 1 aliphatic rings. The van der Waals surface area contributed by atoms with Gasteiger partial charge in [0.15, 0.2) is 23.0 Å². The fraction of sp³-hybridized carbons (Fsp3) is 0.433. The van der Waals surface area contributed by atoms with E-state index in [2.05, 4.69) is 25.7 Å². The first-order valence-corrected chi connectivity index (χ1v) is 13.0. The van der Waals surface area contributed by atoms with E-state index in [9.17, 15) is 14.4 Å². The van der Waals surface area contributed by atoms with Gasteiger partial charge in [-0.3, -0.25) is 4.79 Å². The van der Waals surface area contributed by atoms with E-state index in [-0.39, 0.29) is 12.5 Å². The molecule has 226 valence electrons. The summed E-state index contributed by atoms with van der Waals surface area (Å²) < 4.78 is 30.8. The summed E-state index contributed by atoms with van der Waals surface area (Å²) in [6.45, 7) is 13.4. The maximum atomic E-state index is 11.6. The van der Waals surface area contributed by atoms with E-state index in [1.807, 2.05) is 0 Å². The highest BCUT2D eigenvalue weighted by molar-refractivity contribution is 6.13. The van der Waals surface area contributed by atoms with Crippen LogP contribution in [0.2, 0.25) is 0 Å². The van der Waals surface area contributed by atoms with Gasteiger partial charge in [-0.1, -0.05) is 39.0 Å². The maximum Gasteiger partial charge on any atom is 0.408 e. The molecule has 1 N–H and O–H groups in total. The Morgan fingerprint density at radius 2 is 1.41 bits per heavy atom. The van der Waals surface area contributed by atoms with Crippen molar-refractivity contribution in [3.63, 3.8) is 0 Å². The SMILES string of the molecule is C=C1CN(c2cc(OC)c(OC)c(OC)c2)C1=O.CCC.COc1ccccc1OC(=O)CNC(=O)OC(C)(C)C. The molecule has 1 saturated heterocycles. The van der Waals surface area contributed by atoms with E-state index < -0.39 is 17.7 Å². The smallest absolute Gasteiger partial charge is 0.408 e. The zero-order valence-electron chi connectivity index (χ0n) is 25.4. The van der Waals surface area contributed by atoms with Crippen LogP contribution in [0.5, 0.6) is 28.7 Å². The third kappa shape index (κ3) is 10.9. The Labute approximate surface area is 242 Å². The lowest BCUT2D eigenvalue weighted by Crippen LogP contribution is -2.45. The quantitative estimate of drug-likeness (QED) is 0.197. The number of nitrogens with zero attached hydrogens (tertiary/aromatic N) is 1. The molecule has 0 aromatic heterocycles. The van der Waals surface area contributed by atoms with Gasteiger partial charge in [0.25, 0.3) is 5.91 Å². The summed E-state index contributed by atoms with van der Waals surface area (Å²) in [4.78, 5) is 36.2. The number of alkyl carbamates (subject to hydrolysis) is 1. The number of esters is 1. The van der Waals surface area contributed by atoms with Crippen LogP contribution in [0.15, 0.2) is 48.6 Å². The highest BCUT2D eigenvalue weighted by Gasteiger charge is 2.31. The molecule has 1 heterocycles. The van der Waals surface area contributed by atoms with Gasteiger partial charge in [-0.15, -0.1) is 0 Å². The highest BCUT2D eigenvalue weighted by atomic mass is 16.6. The zero-order valence-corrected chi connectivity index (χ0v) is 25.4. The van der Waals surface area contributed by atoms with Crippen molar-refractivity contribution >= 4 is 23.7 Å². The molecule has 0 aliphatic carbocycles. The molecule has 0 radical (unpaired) electrons. The number of hydrogen-bond donors (Lipinski definition) is 1. The van der Waals surface area contributed by atoms with E-state index >= 15 is 0 Å². The maximum absolute atomic E-state index is 11.6. The highest BCUT2D eigenvalue weighted by Crippen LogP contribution is 2.42. The fourth-order valence-corrected chi connectivity index (χ4v) is 3.18. The molecule has 2 amide bonds. The van der Waals surface area contributed by atoms with Gasteiger partial charge in [-0.25, -0.2) is 9.59 Å². The minimum atomic E-state index is -0.672. The van der Waals surface area contributed by atoms with Gasteiger partial charge >= 0.3 is 12.1 Å². The van der Waals surface area contributed by atoms with Gasteiger partial charge in [0, 0.05) is 17.7 Å². The van der Waals surface area contributed by atoms with E-state index in [4.69, 9.17) is 28.4 Å². The van der Waals surface area contributed by atoms with Gasteiger partial charge in [0.2, 0.25) is 5.75 Å². The Kier molecular flexibility index (Phi) is 14.0. The number of β-lactam (4-membered cyclic amide) rings is 1. The van der Waals surface area contributed by atoms with Crippen LogP contribution < -0.4 is 33.9 Å². The Balaban J connectivity index is 0.000000375. The Morgan fingerprint density at radius 1 is 0.902 bits per heavy atom. The van der Waals surface area contributed by atoms with Crippen LogP contribution in [0.25, 0.3) is 0 Å². The van der Waals surface area contributed by atoms with Crippen molar-refractivity contribution in [3.8, 4) is 28.7 Å². The number of benzene rings is 2. The van der Waals surface area contributed by atoms with Crippen LogP contribution in [0.4, 0.5) is 10.5 Å². The van der Waals surface area contributed by atoms with Crippen molar-refractivity contribution in [2.45, 2.75) is 46.6 Å². The summed E-state index contributed by atoms with van der Waals surface area (Å²) in [7, 11) is 6.10.